The van der Waals surface area contributed by atoms with E-state index >= 15 is 0 Å². The van der Waals surface area contributed by atoms with E-state index < -0.39 is 0 Å². The fraction of sp³-hybridized carbons (Fsp3) is 0.125. The number of amides is 2. The van der Waals surface area contributed by atoms with E-state index in [1.54, 1.807) is 29.3 Å². The molecule has 164 valence electrons. The molecule has 0 atom stereocenters. The number of aryl methyl sites for hydroxylation is 2. The van der Waals surface area contributed by atoms with Gasteiger partial charge in [-0.2, -0.15) is 5.10 Å². The largest absolute Gasteiger partial charge is 0.361 e. The normalized spacial score (nSPS) is 11.0. The van der Waals surface area contributed by atoms with E-state index in [1.165, 1.54) is 0 Å². The van der Waals surface area contributed by atoms with Crippen molar-refractivity contribution in [3.63, 3.8) is 0 Å². The molecule has 33 heavy (non-hydrogen) atoms. The number of pyridine rings is 2. The number of fused-ring (bicyclic) bond motifs is 1. The van der Waals surface area contributed by atoms with Gasteiger partial charge in [-0.15, -0.1) is 0 Å². The van der Waals surface area contributed by atoms with Crippen molar-refractivity contribution in [1.29, 1.82) is 0 Å². The molecule has 0 saturated heterocycles. The van der Waals surface area contributed by atoms with E-state index in [-0.39, 0.29) is 12.6 Å². The van der Waals surface area contributed by atoms with Crippen LogP contribution in [0.2, 0.25) is 0 Å². The molecule has 0 spiro atoms. The number of nitrogens with zero attached hydrogens (tertiary/aromatic N) is 5. The van der Waals surface area contributed by atoms with Crippen molar-refractivity contribution in [2.75, 3.05) is 5.32 Å². The van der Waals surface area contributed by atoms with Crippen LogP contribution in [-0.2, 0) is 6.54 Å². The molecule has 2 amide bonds. The van der Waals surface area contributed by atoms with Crippen molar-refractivity contribution >= 4 is 22.8 Å². The van der Waals surface area contributed by atoms with Gasteiger partial charge in [-0.3, -0.25) is 10.3 Å². The Morgan fingerprint density at radius 1 is 1.06 bits per heavy atom. The topological polar surface area (TPSA) is 111 Å². The minimum absolute atomic E-state index is 0.271. The van der Waals surface area contributed by atoms with Gasteiger partial charge in [0.05, 0.1) is 30.1 Å². The third kappa shape index (κ3) is 4.16. The van der Waals surface area contributed by atoms with Gasteiger partial charge in [-0.1, -0.05) is 35.5 Å². The second kappa shape index (κ2) is 8.54. The van der Waals surface area contributed by atoms with Gasteiger partial charge in [0.2, 0.25) is 0 Å². The summed E-state index contributed by atoms with van der Waals surface area (Å²) in [5, 5.41) is 15.1. The molecule has 4 aromatic heterocycles. The smallest absolute Gasteiger partial charge is 0.320 e. The quantitative estimate of drug-likeness (QED) is 0.420. The zero-order valence-corrected chi connectivity index (χ0v) is 18.1. The fourth-order valence-corrected chi connectivity index (χ4v) is 3.61. The van der Waals surface area contributed by atoms with Gasteiger partial charge in [0, 0.05) is 28.4 Å². The van der Waals surface area contributed by atoms with Gasteiger partial charge < -0.3 is 9.84 Å². The molecule has 0 radical (unpaired) electrons. The van der Waals surface area contributed by atoms with Crippen molar-refractivity contribution in [3.8, 4) is 16.9 Å². The summed E-state index contributed by atoms with van der Waals surface area (Å²) in [5.74, 6) is 1.09. The minimum Gasteiger partial charge on any atom is -0.361 e. The second-order valence-corrected chi connectivity index (χ2v) is 7.58. The van der Waals surface area contributed by atoms with Crippen LogP contribution in [0.5, 0.6) is 0 Å². The molecule has 0 aliphatic carbocycles. The average molecular weight is 439 g/mol. The lowest BCUT2D eigenvalue weighted by molar-refractivity contribution is 0.251. The number of carbonyl (C=O) groups excluding carboxylic acids is 1. The number of anilines is 1. The summed E-state index contributed by atoms with van der Waals surface area (Å²) in [4.78, 5) is 21.1. The summed E-state index contributed by atoms with van der Waals surface area (Å²) in [6.45, 7) is 4.02. The first-order chi connectivity index (χ1) is 16.1. The lowest BCUT2D eigenvalue weighted by Gasteiger charge is -2.08. The van der Waals surface area contributed by atoms with Crippen molar-refractivity contribution in [1.82, 2.24) is 30.2 Å². The molecule has 9 nitrogen and oxygen atoms in total. The highest BCUT2D eigenvalue weighted by Crippen LogP contribution is 2.25. The molecule has 1 aromatic carbocycles. The predicted octanol–water partition coefficient (Wildman–Crippen LogP) is 4.41. The third-order valence-electron chi connectivity index (χ3n) is 5.28. The van der Waals surface area contributed by atoms with E-state index in [1.807, 2.05) is 56.3 Å². The molecule has 5 aromatic rings. The predicted molar refractivity (Wildman–Crippen MR) is 124 cm³/mol. The third-order valence-corrected chi connectivity index (χ3v) is 5.28. The number of hydrogen-bond donors (Lipinski definition) is 2. The van der Waals surface area contributed by atoms with E-state index in [9.17, 15) is 4.79 Å². The van der Waals surface area contributed by atoms with Crippen molar-refractivity contribution in [3.05, 3.63) is 84.1 Å². The molecule has 0 unspecified atom stereocenters. The molecule has 0 aliphatic rings. The average Bonchev–Trinajstić information content (AvgIpc) is 3.41. The van der Waals surface area contributed by atoms with Crippen LogP contribution in [0.4, 0.5) is 10.6 Å². The van der Waals surface area contributed by atoms with Gasteiger partial charge in [-0.25, -0.2) is 14.5 Å². The van der Waals surface area contributed by atoms with Gasteiger partial charge in [0.1, 0.15) is 17.3 Å². The first-order valence-corrected chi connectivity index (χ1v) is 10.4. The minimum atomic E-state index is -0.376. The van der Waals surface area contributed by atoms with Crippen molar-refractivity contribution in [2.24, 2.45) is 0 Å². The molecule has 4 heterocycles. The van der Waals surface area contributed by atoms with Crippen LogP contribution in [0.25, 0.3) is 27.8 Å². The summed E-state index contributed by atoms with van der Waals surface area (Å²) in [5.41, 5.74) is 5.10. The summed E-state index contributed by atoms with van der Waals surface area (Å²) < 4.78 is 7.14. The van der Waals surface area contributed by atoms with Gasteiger partial charge in [-0.05, 0) is 32.0 Å². The maximum absolute atomic E-state index is 12.5. The number of nitrogens with one attached hydrogen (secondary N) is 2. The first-order valence-electron chi connectivity index (χ1n) is 10.4. The Balaban J connectivity index is 1.29. The van der Waals surface area contributed by atoms with Crippen LogP contribution < -0.4 is 10.6 Å². The second-order valence-electron chi connectivity index (χ2n) is 7.58. The van der Waals surface area contributed by atoms with E-state index in [0.29, 0.717) is 17.3 Å². The van der Waals surface area contributed by atoms with Crippen molar-refractivity contribution < 1.29 is 9.32 Å². The zero-order valence-electron chi connectivity index (χ0n) is 18.1. The monoisotopic (exact) mass is 439 g/mol. The molecular formula is C24H21N7O2. The zero-order chi connectivity index (χ0) is 22.8. The Morgan fingerprint density at radius 3 is 2.73 bits per heavy atom. The molecule has 2 N–H and O–H groups in total. The lowest BCUT2D eigenvalue weighted by atomic mass is 10.1. The van der Waals surface area contributed by atoms with Gasteiger partial charge in [0.15, 0.2) is 0 Å². The number of hydrogen-bond acceptors (Lipinski definition) is 6. The Hall–Kier alpha value is -4.53. The molecule has 0 fully saturated rings. The highest BCUT2D eigenvalue weighted by molar-refractivity contribution is 5.91. The maximum atomic E-state index is 12.5. The number of aromatic nitrogens is 5. The fourth-order valence-electron chi connectivity index (χ4n) is 3.61. The summed E-state index contributed by atoms with van der Waals surface area (Å²) >= 11 is 0. The van der Waals surface area contributed by atoms with Crippen LogP contribution in [0.1, 0.15) is 17.0 Å². The number of benzene rings is 1. The number of rotatable bonds is 5. The van der Waals surface area contributed by atoms with Gasteiger partial charge >= 0.3 is 6.03 Å². The SMILES string of the molecule is Cc1cc(-n2ncc3cc(NC(=O)NCc4c(-c5ccccc5)noc4C)ncc32)ccn1. The van der Waals surface area contributed by atoms with Crippen molar-refractivity contribution in [2.45, 2.75) is 20.4 Å². The van der Waals surface area contributed by atoms with Gasteiger partial charge in [0.25, 0.3) is 0 Å². The Kier molecular flexibility index (Phi) is 5.27. The summed E-state index contributed by atoms with van der Waals surface area (Å²) in [6, 6.07) is 14.9. The highest BCUT2D eigenvalue weighted by Gasteiger charge is 2.16. The molecule has 0 aliphatic heterocycles. The van der Waals surface area contributed by atoms with Crippen LogP contribution in [-0.4, -0.2) is 30.9 Å². The molecule has 9 heteroatoms. The Bertz CT molecular complexity index is 1440. The van der Waals surface area contributed by atoms with E-state index in [4.69, 9.17) is 4.52 Å². The molecule has 5 rings (SSSR count). The lowest BCUT2D eigenvalue weighted by Crippen LogP contribution is -2.28. The molecular weight excluding hydrogens is 418 g/mol. The molecule has 0 bridgehead atoms. The first kappa shape index (κ1) is 20.4. The number of carbonyl (C=O) groups is 1. The van der Waals surface area contributed by atoms with E-state index in [0.717, 1.165) is 33.4 Å². The standard InChI is InChI=1S/C24H21N7O2/c1-15-10-19(8-9-25-15)31-21-14-26-22(11-18(21)12-28-31)29-24(32)27-13-20-16(2)33-30-23(20)17-6-4-3-5-7-17/h3-12,14H,13H2,1-2H3,(H2,26,27,29,32). The molecule has 0 saturated carbocycles. The number of urea groups is 1. The Morgan fingerprint density at radius 2 is 1.91 bits per heavy atom. The highest BCUT2D eigenvalue weighted by atomic mass is 16.5. The summed E-state index contributed by atoms with van der Waals surface area (Å²) in [6.07, 6.45) is 5.17. The van der Waals surface area contributed by atoms with Crippen LogP contribution in [0.3, 0.4) is 0 Å². The Labute approximate surface area is 189 Å². The summed E-state index contributed by atoms with van der Waals surface area (Å²) in [7, 11) is 0. The van der Waals surface area contributed by atoms with Crippen LogP contribution >= 0.6 is 0 Å². The van der Waals surface area contributed by atoms with Crippen LogP contribution in [0, 0.1) is 13.8 Å². The maximum Gasteiger partial charge on any atom is 0.320 e. The van der Waals surface area contributed by atoms with E-state index in [2.05, 4.69) is 30.9 Å². The van der Waals surface area contributed by atoms with Crippen LogP contribution in [0.15, 0.2) is 71.6 Å².